The fourth-order valence-electron chi connectivity index (χ4n) is 3.32. The van der Waals surface area contributed by atoms with Gasteiger partial charge in [-0.25, -0.2) is 0 Å². The number of anilines is 1. The van der Waals surface area contributed by atoms with Crippen molar-refractivity contribution in [1.82, 2.24) is 14.8 Å². The van der Waals surface area contributed by atoms with Crippen LogP contribution in [0.15, 0.2) is 45.3 Å². The van der Waals surface area contributed by atoms with Gasteiger partial charge in [-0.05, 0) is 19.1 Å². The third-order valence-electron chi connectivity index (χ3n) is 4.68. The van der Waals surface area contributed by atoms with E-state index < -0.39 is 0 Å². The number of nitrogens with zero attached hydrogens (tertiary/aromatic N) is 2. The Bertz CT molecular complexity index is 1400. The molecule has 1 aliphatic heterocycles. The number of allylic oxidation sites excluding steroid dienone is 1. The summed E-state index contributed by atoms with van der Waals surface area (Å²) in [5.74, 6) is 0.764. The highest BCUT2D eigenvalue weighted by atomic mass is 32.2. The molecule has 0 radical (unpaired) electrons. The van der Waals surface area contributed by atoms with E-state index in [2.05, 4.69) is 28.3 Å². The Morgan fingerprint density at radius 1 is 1.28 bits per heavy atom. The lowest BCUT2D eigenvalue weighted by atomic mass is 10.2. The zero-order chi connectivity index (χ0) is 20.7. The Balaban J connectivity index is 2.11. The number of aromatic nitrogens is 3. The van der Waals surface area contributed by atoms with Crippen molar-refractivity contribution in [2.24, 2.45) is 0 Å². The van der Waals surface area contributed by atoms with Crippen molar-refractivity contribution in [1.29, 1.82) is 0 Å². The number of ether oxygens (including phenoxy) is 1. The van der Waals surface area contributed by atoms with E-state index >= 15 is 0 Å². The predicted octanol–water partition coefficient (Wildman–Crippen LogP) is 1.52. The molecule has 0 saturated carbocycles. The van der Waals surface area contributed by atoms with Crippen LogP contribution in [0.25, 0.3) is 11.6 Å². The van der Waals surface area contributed by atoms with Gasteiger partial charge in [0.05, 0.1) is 23.4 Å². The predicted molar refractivity (Wildman–Crippen MR) is 118 cm³/mol. The van der Waals surface area contributed by atoms with Gasteiger partial charge in [0.1, 0.15) is 20.0 Å². The molecule has 2 N–H and O–H groups in total. The van der Waals surface area contributed by atoms with E-state index in [9.17, 15) is 9.59 Å². The van der Waals surface area contributed by atoms with Gasteiger partial charge in [-0.2, -0.15) is 0 Å². The number of hydrogen-bond acceptors (Lipinski definition) is 6. The number of thiazole rings is 1. The summed E-state index contributed by atoms with van der Waals surface area (Å²) >= 11 is 2.85. The second-order valence-corrected chi connectivity index (χ2v) is 8.39. The maximum Gasteiger partial charge on any atom is 0.274 e. The summed E-state index contributed by atoms with van der Waals surface area (Å²) in [6.45, 7) is 10.7. The first-order chi connectivity index (χ1) is 14.0. The molecule has 0 fully saturated rings. The summed E-state index contributed by atoms with van der Waals surface area (Å²) in [5, 5.41) is 6.95. The number of H-pyrrole nitrogens is 2. The van der Waals surface area contributed by atoms with Crippen LogP contribution >= 0.6 is 23.1 Å². The Labute approximate surface area is 173 Å². The molecule has 3 heterocycles. The highest BCUT2D eigenvalue weighted by Gasteiger charge is 2.27. The number of aromatic amines is 2. The van der Waals surface area contributed by atoms with Gasteiger partial charge < -0.3 is 9.64 Å². The molecule has 9 heteroatoms. The first kappa shape index (κ1) is 19.4. The average Bonchev–Trinajstić information content (AvgIpc) is 3.35. The summed E-state index contributed by atoms with van der Waals surface area (Å²) in [7, 11) is 1.63. The maximum absolute atomic E-state index is 13.3. The molecule has 0 bridgehead atoms. The zero-order valence-corrected chi connectivity index (χ0v) is 17.7. The van der Waals surface area contributed by atoms with E-state index in [1.807, 2.05) is 25.1 Å². The lowest BCUT2D eigenvalue weighted by Gasteiger charge is -2.17. The molecule has 3 aromatic rings. The fraction of sp³-hybridized carbons (Fsp3) is 0.200. The molecule has 29 heavy (non-hydrogen) atoms. The molecule has 0 saturated heterocycles. The smallest absolute Gasteiger partial charge is 0.274 e. The highest BCUT2D eigenvalue weighted by Crippen LogP contribution is 2.47. The minimum atomic E-state index is -0.301. The molecular formula is C20H20N4O3S2. The number of benzene rings is 1. The third-order valence-corrected chi connectivity index (χ3v) is 7.19. The number of hydrogen-bond donors (Lipinski definition) is 2. The highest BCUT2D eigenvalue weighted by molar-refractivity contribution is 8.08. The summed E-state index contributed by atoms with van der Waals surface area (Å²) in [6.07, 6.45) is 1.65. The number of thioether (sulfide) groups is 1. The molecule has 0 spiro atoms. The van der Waals surface area contributed by atoms with Crippen LogP contribution in [0.2, 0.25) is 0 Å². The molecule has 0 unspecified atom stereocenters. The van der Waals surface area contributed by atoms with E-state index in [1.165, 1.54) is 11.3 Å². The number of nitrogens with one attached hydrogen (secondary N) is 2. The van der Waals surface area contributed by atoms with Crippen molar-refractivity contribution in [2.75, 3.05) is 18.6 Å². The van der Waals surface area contributed by atoms with Crippen LogP contribution in [0.5, 0.6) is 5.75 Å². The van der Waals surface area contributed by atoms with Crippen molar-refractivity contribution in [2.45, 2.75) is 18.4 Å². The Hall–Kier alpha value is -2.91. The van der Waals surface area contributed by atoms with Crippen molar-refractivity contribution in [3.05, 3.63) is 71.3 Å². The zero-order valence-electron chi connectivity index (χ0n) is 16.1. The van der Waals surface area contributed by atoms with Gasteiger partial charge in [0.25, 0.3) is 11.1 Å². The van der Waals surface area contributed by atoms with Crippen molar-refractivity contribution in [3.63, 3.8) is 0 Å². The Morgan fingerprint density at radius 2 is 2.07 bits per heavy atom. The van der Waals surface area contributed by atoms with Crippen LogP contribution in [0.4, 0.5) is 5.69 Å². The quantitative estimate of drug-likeness (QED) is 0.616. The van der Waals surface area contributed by atoms with Gasteiger partial charge in [-0.1, -0.05) is 24.4 Å². The van der Waals surface area contributed by atoms with Crippen LogP contribution in [-0.2, 0) is 6.54 Å². The van der Waals surface area contributed by atoms with Crippen LogP contribution in [0, 0.1) is 9.88 Å². The van der Waals surface area contributed by atoms with Gasteiger partial charge in [-0.3, -0.25) is 24.4 Å². The van der Waals surface area contributed by atoms with Gasteiger partial charge in [0.2, 0.25) is 0 Å². The van der Waals surface area contributed by atoms with Crippen molar-refractivity contribution in [3.8, 4) is 5.75 Å². The van der Waals surface area contributed by atoms with Gasteiger partial charge in [0.15, 0.2) is 0 Å². The monoisotopic (exact) mass is 428 g/mol. The molecule has 1 aliphatic rings. The Kier molecular flexibility index (Phi) is 5.01. The van der Waals surface area contributed by atoms with Crippen LogP contribution in [0.1, 0.15) is 6.92 Å². The first-order valence-corrected chi connectivity index (χ1v) is 10.6. The molecule has 150 valence electrons. The van der Waals surface area contributed by atoms with E-state index in [0.29, 0.717) is 32.9 Å². The van der Waals surface area contributed by atoms with Gasteiger partial charge in [-0.15, -0.1) is 17.9 Å². The molecule has 0 atom stereocenters. The largest absolute Gasteiger partial charge is 0.497 e. The number of fused-ring (bicyclic) bond motifs is 1. The molecule has 7 nitrogen and oxygen atoms in total. The summed E-state index contributed by atoms with van der Waals surface area (Å²) in [5.41, 5.74) is 0.560. The van der Waals surface area contributed by atoms with E-state index in [1.54, 1.807) is 29.5 Å². The van der Waals surface area contributed by atoms with Crippen LogP contribution in [0.3, 0.4) is 0 Å². The maximum atomic E-state index is 13.3. The lowest BCUT2D eigenvalue weighted by Crippen LogP contribution is -2.32. The van der Waals surface area contributed by atoms with Crippen molar-refractivity contribution >= 4 is 40.4 Å². The Morgan fingerprint density at radius 3 is 2.69 bits per heavy atom. The van der Waals surface area contributed by atoms with Gasteiger partial charge >= 0.3 is 0 Å². The van der Waals surface area contributed by atoms with E-state index in [0.717, 1.165) is 21.4 Å². The number of methoxy groups -OCH3 is 1. The minimum absolute atomic E-state index is 0.148. The SMILES string of the molecule is C=CCn1c(=c2c(=C)[nH][nH]c2=O)sc(=C2Sc3ccc(OC)cc3N2CC)c1=O. The number of rotatable bonds is 4. The lowest BCUT2D eigenvalue weighted by molar-refractivity contribution is 0.414. The first-order valence-electron chi connectivity index (χ1n) is 8.98. The summed E-state index contributed by atoms with van der Waals surface area (Å²) < 4.78 is 8.09. The van der Waals surface area contributed by atoms with Gasteiger partial charge in [0, 0.05) is 24.1 Å². The second-order valence-electron chi connectivity index (χ2n) is 6.36. The molecule has 2 aromatic heterocycles. The van der Waals surface area contributed by atoms with Crippen molar-refractivity contribution < 1.29 is 4.74 Å². The molecule has 1 aromatic carbocycles. The summed E-state index contributed by atoms with van der Waals surface area (Å²) in [6, 6.07) is 5.88. The normalized spacial score (nSPS) is 16.1. The molecule has 4 rings (SSSR count). The molecule has 0 aliphatic carbocycles. The average molecular weight is 429 g/mol. The topological polar surface area (TPSA) is 83.1 Å². The van der Waals surface area contributed by atoms with Crippen LogP contribution in [-0.4, -0.2) is 28.4 Å². The van der Waals surface area contributed by atoms with E-state index in [-0.39, 0.29) is 11.1 Å². The molecule has 0 amide bonds. The minimum Gasteiger partial charge on any atom is -0.497 e. The standard InChI is InChI=1S/C20H20N4O3S2/c1-5-9-24-18(26)16(29-19(24)15-11(3)21-22-17(15)25)20-23(6-2)13-10-12(27-4)7-8-14(13)28-20/h5,7-8,10,21H,1,3,6,9H2,2,4H3,(H,22,25). The second kappa shape index (κ2) is 7.49. The fourth-order valence-corrected chi connectivity index (χ4v) is 5.88. The van der Waals surface area contributed by atoms with E-state index in [4.69, 9.17) is 4.74 Å². The summed E-state index contributed by atoms with van der Waals surface area (Å²) in [4.78, 5) is 28.8. The third kappa shape index (κ3) is 3.06. The van der Waals surface area contributed by atoms with Crippen LogP contribution < -0.4 is 30.6 Å². The molecular weight excluding hydrogens is 408 g/mol.